The van der Waals surface area contributed by atoms with Gasteiger partial charge in [-0.3, -0.25) is 4.79 Å². The summed E-state index contributed by atoms with van der Waals surface area (Å²) in [5.74, 6) is 0.761. The molecule has 1 aromatic heterocycles. The van der Waals surface area contributed by atoms with Crippen molar-refractivity contribution in [3.05, 3.63) is 54.3 Å². The first-order chi connectivity index (χ1) is 15.1. The topological polar surface area (TPSA) is 99.9 Å². The molecule has 0 bridgehead atoms. The van der Waals surface area contributed by atoms with Crippen LogP contribution in [0.3, 0.4) is 0 Å². The Morgan fingerprint density at radius 2 is 1.58 bits per heavy atom. The predicted molar refractivity (Wildman–Crippen MR) is 114 cm³/mol. The number of esters is 1. The summed E-state index contributed by atoms with van der Waals surface area (Å²) >= 11 is 0. The van der Waals surface area contributed by atoms with E-state index in [1.807, 2.05) is 48.5 Å². The fourth-order valence-corrected chi connectivity index (χ4v) is 3.14. The van der Waals surface area contributed by atoms with E-state index in [1.165, 1.54) is 7.11 Å². The molecule has 8 nitrogen and oxygen atoms in total. The summed E-state index contributed by atoms with van der Waals surface area (Å²) in [6.07, 6.45) is 0.773. The lowest BCUT2D eigenvalue weighted by molar-refractivity contribution is -0.139. The molecule has 0 aliphatic carbocycles. The maximum Gasteiger partial charge on any atom is 0.319 e. The molecule has 0 aliphatic heterocycles. The van der Waals surface area contributed by atoms with Crippen LogP contribution in [0, 0.1) is 0 Å². The van der Waals surface area contributed by atoms with Crippen molar-refractivity contribution in [2.45, 2.75) is 5.92 Å². The van der Waals surface area contributed by atoms with Crippen LogP contribution in [0.15, 0.2) is 53.1 Å². The first-order valence-electron chi connectivity index (χ1n) is 9.62. The van der Waals surface area contributed by atoms with Crippen LogP contribution in [-0.2, 0) is 14.3 Å². The van der Waals surface area contributed by atoms with Crippen molar-refractivity contribution in [3.63, 3.8) is 0 Å². The molecule has 3 aromatic rings. The van der Waals surface area contributed by atoms with E-state index in [0.29, 0.717) is 22.8 Å². The van der Waals surface area contributed by atoms with Crippen LogP contribution in [0.2, 0.25) is 0 Å². The second kappa shape index (κ2) is 10.4. The van der Waals surface area contributed by atoms with Crippen molar-refractivity contribution in [1.82, 2.24) is 10.5 Å². The molecule has 1 unspecified atom stereocenters. The van der Waals surface area contributed by atoms with Crippen LogP contribution in [0.4, 0.5) is 0 Å². The molecule has 1 heterocycles. The normalized spacial score (nSPS) is 11.6. The van der Waals surface area contributed by atoms with E-state index in [1.54, 1.807) is 14.2 Å². The second-order valence-corrected chi connectivity index (χ2v) is 6.68. The highest BCUT2D eigenvalue weighted by atomic mass is 16.5. The van der Waals surface area contributed by atoms with Gasteiger partial charge in [0, 0.05) is 12.1 Å². The maximum atomic E-state index is 11.9. The van der Waals surface area contributed by atoms with Crippen LogP contribution in [-0.4, -0.2) is 51.8 Å². The molecule has 0 saturated heterocycles. The van der Waals surface area contributed by atoms with Gasteiger partial charge in [0.2, 0.25) is 0 Å². The highest BCUT2D eigenvalue weighted by Crippen LogP contribution is 2.38. The number of methoxy groups -OCH3 is 3. The van der Waals surface area contributed by atoms with Gasteiger partial charge in [0.05, 0.1) is 39.4 Å². The van der Waals surface area contributed by atoms with E-state index in [0.717, 1.165) is 23.2 Å². The van der Waals surface area contributed by atoms with Crippen molar-refractivity contribution in [3.8, 4) is 33.9 Å². The number of aldehydes is 1. The predicted octanol–water partition coefficient (Wildman–Crippen LogP) is 3.07. The molecule has 8 heteroatoms. The van der Waals surface area contributed by atoms with Crippen LogP contribution < -0.4 is 14.8 Å². The van der Waals surface area contributed by atoms with E-state index < -0.39 is 11.9 Å². The summed E-state index contributed by atoms with van der Waals surface area (Å²) in [5, 5.41) is 7.18. The van der Waals surface area contributed by atoms with Gasteiger partial charge in [-0.2, -0.15) is 0 Å². The highest BCUT2D eigenvalue weighted by molar-refractivity contribution is 5.84. The fraction of sp³-hybridized carbons (Fsp3) is 0.261. The first-order valence-corrected chi connectivity index (χ1v) is 9.62. The number of carbonyl (C=O) groups is 2. The summed E-state index contributed by atoms with van der Waals surface area (Å²) in [6, 6.07) is 14.8. The third kappa shape index (κ3) is 5.10. The average Bonchev–Trinajstić information content (AvgIpc) is 3.26. The molecule has 1 N–H and O–H groups in total. The zero-order chi connectivity index (χ0) is 22.2. The third-order valence-corrected chi connectivity index (χ3v) is 4.82. The van der Waals surface area contributed by atoms with Gasteiger partial charge in [-0.25, -0.2) is 0 Å². The second-order valence-electron chi connectivity index (χ2n) is 6.68. The van der Waals surface area contributed by atoms with Gasteiger partial charge in [0.25, 0.3) is 0 Å². The molecule has 31 heavy (non-hydrogen) atoms. The van der Waals surface area contributed by atoms with E-state index in [2.05, 4.69) is 15.2 Å². The minimum atomic E-state index is -0.652. The van der Waals surface area contributed by atoms with Crippen molar-refractivity contribution < 1.29 is 28.3 Å². The smallest absolute Gasteiger partial charge is 0.319 e. The molecule has 2 aromatic carbocycles. The molecular weight excluding hydrogens is 400 g/mol. The van der Waals surface area contributed by atoms with Gasteiger partial charge in [0.1, 0.15) is 23.5 Å². The molecule has 162 valence electrons. The van der Waals surface area contributed by atoms with Crippen molar-refractivity contribution in [2.75, 3.05) is 34.4 Å². The standard InChI is InChI=1S/C23H24N2O6/c1-28-18-8-4-15(5-9-18)21-22(16-6-10-19(29-2)11-7-16)25-31-23(21)17(14-26)12-24-13-20(27)30-3/h4-11,14,17,24H,12-13H2,1-3H3. The van der Waals surface area contributed by atoms with E-state index in [9.17, 15) is 9.59 Å². The van der Waals surface area contributed by atoms with E-state index in [4.69, 9.17) is 14.0 Å². The Morgan fingerprint density at radius 1 is 1.00 bits per heavy atom. The number of carbonyl (C=O) groups excluding carboxylic acids is 2. The molecular formula is C23H24N2O6. The third-order valence-electron chi connectivity index (χ3n) is 4.82. The first kappa shape index (κ1) is 22.0. The maximum absolute atomic E-state index is 11.9. The Hall–Kier alpha value is -3.65. The molecule has 1 atom stereocenters. The molecule has 0 amide bonds. The SMILES string of the molecule is COC(=O)CNCC(C=O)c1onc(-c2ccc(OC)cc2)c1-c1ccc(OC)cc1. The largest absolute Gasteiger partial charge is 0.497 e. The zero-order valence-corrected chi connectivity index (χ0v) is 17.6. The monoisotopic (exact) mass is 424 g/mol. The van der Waals surface area contributed by atoms with Gasteiger partial charge in [-0.1, -0.05) is 17.3 Å². The van der Waals surface area contributed by atoms with Crippen LogP contribution in [0.25, 0.3) is 22.4 Å². The summed E-state index contributed by atoms with van der Waals surface area (Å²) < 4.78 is 20.8. The number of ether oxygens (including phenoxy) is 3. The molecule has 0 fully saturated rings. The number of benzene rings is 2. The summed E-state index contributed by atoms with van der Waals surface area (Å²) in [4.78, 5) is 23.3. The summed E-state index contributed by atoms with van der Waals surface area (Å²) in [5.41, 5.74) is 2.93. The lowest BCUT2D eigenvalue weighted by Gasteiger charge is -2.12. The Balaban J connectivity index is 2.02. The fourth-order valence-electron chi connectivity index (χ4n) is 3.14. The lowest BCUT2D eigenvalue weighted by Crippen LogP contribution is -2.28. The quantitative estimate of drug-likeness (QED) is 0.392. The number of nitrogens with zero attached hydrogens (tertiary/aromatic N) is 1. The van der Waals surface area contributed by atoms with E-state index in [-0.39, 0.29) is 13.1 Å². The van der Waals surface area contributed by atoms with Gasteiger partial charge >= 0.3 is 5.97 Å². The number of hydrogen-bond donors (Lipinski definition) is 1. The number of nitrogens with one attached hydrogen (secondary N) is 1. The zero-order valence-electron chi connectivity index (χ0n) is 17.6. The summed E-state index contributed by atoms with van der Waals surface area (Å²) in [6.45, 7) is 0.178. The number of hydrogen-bond acceptors (Lipinski definition) is 8. The Labute approximate surface area is 180 Å². The minimum Gasteiger partial charge on any atom is -0.497 e. The Morgan fingerprint density at radius 3 is 2.10 bits per heavy atom. The highest BCUT2D eigenvalue weighted by Gasteiger charge is 2.26. The van der Waals surface area contributed by atoms with Gasteiger partial charge < -0.3 is 28.8 Å². The van der Waals surface area contributed by atoms with Gasteiger partial charge in [0.15, 0.2) is 5.76 Å². The van der Waals surface area contributed by atoms with Crippen molar-refractivity contribution in [2.24, 2.45) is 0 Å². The van der Waals surface area contributed by atoms with Crippen LogP contribution in [0.1, 0.15) is 11.7 Å². The van der Waals surface area contributed by atoms with Gasteiger partial charge in [-0.05, 0) is 42.0 Å². The minimum absolute atomic E-state index is 0.0157. The Bertz CT molecular complexity index is 1010. The van der Waals surface area contributed by atoms with Crippen molar-refractivity contribution in [1.29, 1.82) is 0 Å². The molecule has 3 rings (SSSR count). The average molecular weight is 424 g/mol. The molecule has 0 saturated carbocycles. The lowest BCUT2D eigenvalue weighted by atomic mass is 9.94. The van der Waals surface area contributed by atoms with Crippen LogP contribution >= 0.6 is 0 Å². The van der Waals surface area contributed by atoms with Crippen molar-refractivity contribution >= 4 is 12.3 Å². The number of aromatic nitrogens is 1. The van der Waals surface area contributed by atoms with Crippen LogP contribution in [0.5, 0.6) is 11.5 Å². The molecule has 0 aliphatic rings. The Kier molecular flexibility index (Phi) is 7.40. The molecule has 0 radical (unpaired) electrons. The van der Waals surface area contributed by atoms with E-state index >= 15 is 0 Å². The number of rotatable bonds is 10. The molecule has 0 spiro atoms. The van der Waals surface area contributed by atoms with Gasteiger partial charge in [-0.15, -0.1) is 0 Å². The summed E-state index contributed by atoms with van der Waals surface area (Å²) in [7, 11) is 4.50.